The molecular weight excluding hydrogens is 572 g/mol. The number of nitrogens with one attached hydrogen (secondary N) is 1. The lowest BCUT2D eigenvalue weighted by molar-refractivity contribution is 0.0992. The average Bonchev–Trinajstić information content (AvgIpc) is 3.62. The second-order valence-electron chi connectivity index (χ2n) is 11.1. The number of primary amides is 1. The zero-order valence-corrected chi connectivity index (χ0v) is 24.3. The third kappa shape index (κ3) is 5.75. The van der Waals surface area contributed by atoms with Crippen LogP contribution < -0.4 is 15.8 Å². The first-order chi connectivity index (χ1) is 20.6. The molecule has 1 fully saturated rings. The van der Waals surface area contributed by atoms with E-state index in [1.54, 1.807) is 6.07 Å². The first-order valence-corrected chi connectivity index (χ1v) is 14.7. The molecule has 10 heteroatoms. The van der Waals surface area contributed by atoms with Gasteiger partial charge in [0.05, 0.1) is 5.69 Å². The van der Waals surface area contributed by atoms with Crippen LogP contribution in [0.15, 0.2) is 77.2 Å². The van der Waals surface area contributed by atoms with Crippen molar-refractivity contribution < 1.29 is 27.5 Å². The Morgan fingerprint density at radius 2 is 1.77 bits per heavy atom. The molecule has 7 nitrogen and oxygen atoms in total. The maximum absolute atomic E-state index is 13.5. The van der Waals surface area contributed by atoms with Gasteiger partial charge in [-0.05, 0) is 65.8 Å². The molecule has 0 spiro atoms. The standard InChI is InChI=1S/C33H29F2N3O4S/c1-33(2,19-6-4-3-5-7-19)20-10-12-21(13-11-20)41-17-22-14-15-25(42-22)31(40)38-27-26-23(18-8-9-18)16-24(29(34)35)37-32(26)43-28(27)30(36)39/h3-7,10-16,18,29H,8-9,17H2,1-2H3,(H2,36,39)(H,38,40). The van der Waals surface area contributed by atoms with E-state index in [9.17, 15) is 18.4 Å². The van der Waals surface area contributed by atoms with Crippen LogP contribution in [0.2, 0.25) is 0 Å². The Bertz CT molecular complexity index is 1810. The van der Waals surface area contributed by atoms with Crippen LogP contribution in [0.25, 0.3) is 10.2 Å². The van der Waals surface area contributed by atoms with E-state index in [0.29, 0.717) is 22.5 Å². The Labute approximate surface area is 250 Å². The van der Waals surface area contributed by atoms with Crippen LogP contribution in [0.4, 0.5) is 14.5 Å². The van der Waals surface area contributed by atoms with Crippen LogP contribution in [-0.4, -0.2) is 16.8 Å². The van der Waals surface area contributed by atoms with E-state index >= 15 is 0 Å². The molecule has 2 aromatic carbocycles. The lowest BCUT2D eigenvalue weighted by Gasteiger charge is -2.26. The summed E-state index contributed by atoms with van der Waals surface area (Å²) in [7, 11) is 0. The Morgan fingerprint density at radius 1 is 1.07 bits per heavy atom. The molecule has 3 aromatic heterocycles. The second kappa shape index (κ2) is 11.3. The van der Waals surface area contributed by atoms with E-state index in [1.165, 1.54) is 17.7 Å². The van der Waals surface area contributed by atoms with Crippen molar-refractivity contribution >= 4 is 39.1 Å². The van der Waals surface area contributed by atoms with Gasteiger partial charge in [-0.1, -0.05) is 56.3 Å². The molecule has 0 radical (unpaired) electrons. The summed E-state index contributed by atoms with van der Waals surface area (Å²) in [6, 6.07) is 22.6. The summed E-state index contributed by atoms with van der Waals surface area (Å²) in [6.45, 7) is 4.43. The Morgan fingerprint density at radius 3 is 2.42 bits per heavy atom. The van der Waals surface area contributed by atoms with Crippen LogP contribution >= 0.6 is 11.3 Å². The van der Waals surface area contributed by atoms with Gasteiger partial charge < -0.3 is 20.2 Å². The number of hydrogen-bond donors (Lipinski definition) is 2. The van der Waals surface area contributed by atoms with Crippen molar-refractivity contribution in [3.05, 3.63) is 112 Å². The molecule has 43 heavy (non-hydrogen) atoms. The fourth-order valence-electron chi connectivity index (χ4n) is 5.16. The smallest absolute Gasteiger partial charge is 0.291 e. The molecule has 3 heterocycles. The summed E-state index contributed by atoms with van der Waals surface area (Å²) < 4.78 is 38.7. The number of furan rings is 1. The molecule has 6 rings (SSSR count). The van der Waals surface area contributed by atoms with Gasteiger partial charge in [0.15, 0.2) is 5.76 Å². The van der Waals surface area contributed by atoms with Crippen LogP contribution in [0, 0.1) is 0 Å². The summed E-state index contributed by atoms with van der Waals surface area (Å²) in [6.07, 6.45) is -1.11. The van der Waals surface area contributed by atoms with Crippen molar-refractivity contribution in [2.75, 3.05) is 5.32 Å². The fraction of sp³-hybridized carbons (Fsp3) is 0.242. The maximum atomic E-state index is 13.5. The second-order valence-corrected chi connectivity index (χ2v) is 12.1. The first kappa shape index (κ1) is 28.5. The minimum atomic E-state index is -2.76. The number of hydrogen-bond acceptors (Lipinski definition) is 6. The highest BCUT2D eigenvalue weighted by molar-refractivity contribution is 7.21. The predicted molar refractivity (Wildman–Crippen MR) is 161 cm³/mol. The highest BCUT2D eigenvalue weighted by atomic mass is 32.1. The minimum Gasteiger partial charge on any atom is -0.486 e. The Balaban J connectivity index is 1.17. The fourth-order valence-corrected chi connectivity index (χ4v) is 6.19. The number of halogens is 2. The van der Waals surface area contributed by atoms with Crippen LogP contribution in [0.3, 0.4) is 0 Å². The topological polar surface area (TPSA) is 107 Å². The number of ether oxygens (including phenoxy) is 1. The van der Waals surface area contributed by atoms with Gasteiger partial charge in [-0.2, -0.15) is 0 Å². The molecule has 220 valence electrons. The van der Waals surface area contributed by atoms with Crippen LogP contribution in [0.1, 0.15) is 87.4 Å². The molecule has 1 aliphatic rings. The molecule has 0 saturated heterocycles. The third-order valence-electron chi connectivity index (χ3n) is 7.75. The molecule has 0 aliphatic heterocycles. The van der Waals surface area contributed by atoms with E-state index in [4.69, 9.17) is 14.9 Å². The molecule has 1 aliphatic carbocycles. The van der Waals surface area contributed by atoms with Gasteiger partial charge in [-0.25, -0.2) is 13.8 Å². The Kier molecular flexibility index (Phi) is 7.47. The monoisotopic (exact) mass is 601 g/mol. The van der Waals surface area contributed by atoms with Crippen molar-refractivity contribution in [1.29, 1.82) is 0 Å². The molecule has 0 unspecified atom stereocenters. The van der Waals surface area contributed by atoms with Crippen molar-refractivity contribution in [2.45, 2.75) is 51.1 Å². The zero-order chi connectivity index (χ0) is 30.3. The van der Waals surface area contributed by atoms with E-state index in [0.717, 1.165) is 29.7 Å². The predicted octanol–water partition coefficient (Wildman–Crippen LogP) is 7.96. The highest BCUT2D eigenvalue weighted by Gasteiger charge is 2.32. The van der Waals surface area contributed by atoms with E-state index in [2.05, 4.69) is 36.3 Å². The van der Waals surface area contributed by atoms with E-state index in [-0.39, 0.29) is 44.8 Å². The summed E-state index contributed by atoms with van der Waals surface area (Å²) >= 11 is 0.888. The van der Waals surface area contributed by atoms with Crippen molar-refractivity contribution in [3.63, 3.8) is 0 Å². The highest BCUT2D eigenvalue weighted by Crippen LogP contribution is 2.48. The van der Waals surface area contributed by atoms with Gasteiger partial charge in [0, 0.05) is 10.8 Å². The molecule has 0 atom stereocenters. The molecule has 0 bridgehead atoms. The first-order valence-electron chi connectivity index (χ1n) is 13.9. The Hall–Kier alpha value is -4.57. The van der Waals surface area contributed by atoms with Crippen LogP contribution in [0.5, 0.6) is 5.75 Å². The number of benzene rings is 2. The largest absolute Gasteiger partial charge is 0.486 e. The number of rotatable bonds is 10. The van der Waals surface area contributed by atoms with Crippen molar-refractivity contribution in [3.8, 4) is 5.75 Å². The summed E-state index contributed by atoms with van der Waals surface area (Å²) in [5.41, 5.74) is 8.21. The molecule has 5 aromatic rings. The zero-order valence-electron chi connectivity index (χ0n) is 23.5. The molecule has 3 N–H and O–H groups in total. The van der Waals surface area contributed by atoms with Gasteiger partial charge >= 0.3 is 0 Å². The minimum absolute atomic E-state index is 0.00143. The molecule has 1 saturated carbocycles. The van der Waals surface area contributed by atoms with Crippen molar-refractivity contribution in [2.24, 2.45) is 5.73 Å². The average molecular weight is 602 g/mol. The number of pyridine rings is 1. The number of nitrogens with zero attached hydrogens (tertiary/aromatic N) is 1. The van der Waals surface area contributed by atoms with Gasteiger partial charge in [0.1, 0.15) is 33.5 Å². The number of carbonyl (C=O) groups excluding carboxylic acids is 2. The van der Waals surface area contributed by atoms with E-state index in [1.807, 2.05) is 42.5 Å². The lowest BCUT2D eigenvalue weighted by Crippen LogP contribution is -2.18. The van der Waals surface area contributed by atoms with E-state index < -0.39 is 18.2 Å². The van der Waals surface area contributed by atoms with Crippen molar-refractivity contribution in [1.82, 2.24) is 4.98 Å². The third-order valence-corrected chi connectivity index (χ3v) is 8.85. The summed E-state index contributed by atoms with van der Waals surface area (Å²) in [5, 5.41) is 3.20. The van der Waals surface area contributed by atoms with Gasteiger partial charge in [0.2, 0.25) is 0 Å². The number of thiophene rings is 1. The molecule has 2 amide bonds. The van der Waals surface area contributed by atoms with Gasteiger partial charge in [0.25, 0.3) is 18.2 Å². The number of fused-ring (bicyclic) bond motifs is 1. The number of aromatic nitrogens is 1. The normalized spacial score (nSPS) is 13.4. The lowest BCUT2D eigenvalue weighted by atomic mass is 9.78. The maximum Gasteiger partial charge on any atom is 0.291 e. The number of anilines is 1. The number of amides is 2. The quantitative estimate of drug-likeness (QED) is 0.169. The SMILES string of the molecule is CC(C)(c1ccccc1)c1ccc(OCc2ccc(C(=O)Nc3c(C(N)=O)sc4nc(C(F)F)cc(C5CC5)c34)o2)cc1. The summed E-state index contributed by atoms with van der Waals surface area (Å²) in [4.78, 5) is 29.8. The molecular formula is C33H29F2N3O4S. The summed E-state index contributed by atoms with van der Waals surface area (Å²) in [5.74, 6) is -0.274. The van der Waals surface area contributed by atoms with Gasteiger partial charge in [-0.15, -0.1) is 11.3 Å². The number of carbonyl (C=O) groups is 2. The van der Waals surface area contributed by atoms with Gasteiger partial charge in [-0.3, -0.25) is 9.59 Å². The number of alkyl halides is 2. The van der Waals surface area contributed by atoms with Crippen LogP contribution in [-0.2, 0) is 12.0 Å². The number of nitrogens with two attached hydrogens (primary N) is 1.